The van der Waals surface area contributed by atoms with E-state index in [-0.39, 0.29) is 11.0 Å². The van der Waals surface area contributed by atoms with Crippen LogP contribution in [-0.2, 0) is 11.8 Å². The van der Waals surface area contributed by atoms with Crippen molar-refractivity contribution in [3.63, 3.8) is 0 Å². The van der Waals surface area contributed by atoms with Gasteiger partial charge in [-0.15, -0.1) is 0 Å². The first-order valence-corrected chi connectivity index (χ1v) is 9.52. The van der Waals surface area contributed by atoms with Crippen LogP contribution >= 0.6 is 12.2 Å². The summed E-state index contributed by atoms with van der Waals surface area (Å²) in [6, 6.07) is 15.7. The summed E-state index contributed by atoms with van der Waals surface area (Å²) in [4.78, 5) is 17.1. The molecule has 0 aliphatic heterocycles. The van der Waals surface area contributed by atoms with Gasteiger partial charge in [-0.3, -0.25) is 4.79 Å². The lowest BCUT2D eigenvalue weighted by Gasteiger charge is -2.35. The van der Waals surface area contributed by atoms with Crippen LogP contribution in [0.5, 0.6) is 5.75 Å². The van der Waals surface area contributed by atoms with E-state index in [4.69, 9.17) is 17.0 Å². The molecular formula is C22H22N2O2S. The van der Waals surface area contributed by atoms with Gasteiger partial charge in [0.05, 0.1) is 18.5 Å². The number of ether oxygens (including phenoxy) is 1. The van der Waals surface area contributed by atoms with E-state index in [1.807, 2.05) is 36.4 Å². The highest BCUT2D eigenvalue weighted by molar-refractivity contribution is 7.71. The molecule has 0 spiro atoms. The maximum Gasteiger partial charge on any atom is 0.263 e. The first-order chi connectivity index (χ1) is 13.0. The summed E-state index contributed by atoms with van der Waals surface area (Å²) in [5, 5.41) is 0. The molecule has 27 heavy (non-hydrogen) atoms. The van der Waals surface area contributed by atoms with Crippen molar-refractivity contribution in [2.45, 2.75) is 32.1 Å². The fourth-order valence-corrected chi connectivity index (χ4v) is 4.34. The second kappa shape index (κ2) is 6.50. The Morgan fingerprint density at radius 3 is 2.63 bits per heavy atom. The molecule has 0 radical (unpaired) electrons. The number of nitrogens with one attached hydrogen (secondary N) is 1. The summed E-state index contributed by atoms with van der Waals surface area (Å²) in [5.74, 6) is 0.619. The molecule has 0 bridgehead atoms. The molecule has 0 saturated heterocycles. The van der Waals surface area contributed by atoms with E-state index in [1.165, 1.54) is 5.56 Å². The van der Waals surface area contributed by atoms with Gasteiger partial charge in [0.1, 0.15) is 5.75 Å². The van der Waals surface area contributed by atoms with Crippen LogP contribution in [0.15, 0.2) is 53.3 Å². The molecule has 0 saturated carbocycles. The van der Waals surface area contributed by atoms with Crippen LogP contribution in [0.4, 0.5) is 0 Å². The first kappa shape index (κ1) is 17.7. The number of aromatic nitrogens is 2. The molecule has 0 amide bonds. The van der Waals surface area contributed by atoms with Crippen LogP contribution in [0.25, 0.3) is 16.9 Å². The van der Waals surface area contributed by atoms with Gasteiger partial charge in [0.25, 0.3) is 5.56 Å². The van der Waals surface area contributed by atoms with Crippen molar-refractivity contribution in [2.24, 2.45) is 0 Å². The Bertz CT molecular complexity index is 1150. The smallest absolute Gasteiger partial charge is 0.263 e. The number of para-hydroxylation sites is 2. The molecule has 3 aromatic rings. The minimum atomic E-state index is -0.260. The first-order valence-electron chi connectivity index (χ1n) is 9.11. The van der Waals surface area contributed by atoms with Crippen LogP contribution in [0.3, 0.4) is 0 Å². The van der Waals surface area contributed by atoms with Crippen LogP contribution in [0.1, 0.15) is 31.4 Å². The van der Waals surface area contributed by atoms with Gasteiger partial charge in [0.15, 0.2) is 4.77 Å². The number of hydrogen-bond acceptors (Lipinski definition) is 3. The van der Waals surface area contributed by atoms with Crippen LogP contribution in [0.2, 0.25) is 0 Å². The quantitative estimate of drug-likeness (QED) is 0.666. The molecule has 1 atom stereocenters. The monoisotopic (exact) mass is 378 g/mol. The zero-order valence-corrected chi connectivity index (χ0v) is 16.5. The minimum Gasteiger partial charge on any atom is -0.495 e. The van der Waals surface area contributed by atoms with E-state index in [0.29, 0.717) is 16.2 Å². The number of aromatic amines is 1. The number of methoxy groups -OCH3 is 1. The highest BCUT2D eigenvalue weighted by Gasteiger charge is 2.37. The van der Waals surface area contributed by atoms with E-state index in [0.717, 1.165) is 29.7 Å². The molecule has 1 aliphatic carbocycles. The average Bonchev–Trinajstić information content (AvgIpc) is 2.68. The van der Waals surface area contributed by atoms with E-state index in [9.17, 15) is 4.79 Å². The number of nitrogens with zero attached hydrogens (tertiary/aromatic N) is 1. The van der Waals surface area contributed by atoms with Crippen molar-refractivity contribution in [3.8, 4) is 22.7 Å². The van der Waals surface area contributed by atoms with Gasteiger partial charge in [0, 0.05) is 16.5 Å². The van der Waals surface area contributed by atoms with Gasteiger partial charge in [-0.1, -0.05) is 50.2 Å². The van der Waals surface area contributed by atoms with Crippen LogP contribution < -0.4 is 10.3 Å². The predicted molar refractivity (Wildman–Crippen MR) is 111 cm³/mol. The van der Waals surface area contributed by atoms with Gasteiger partial charge >= 0.3 is 0 Å². The van der Waals surface area contributed by atoms with E-state index in [1.54, 1.807) is 11.7 Å². The third-order valence-electron chi connectivity index (χ3n) is 5.68. The predicted octanol–water partition coefficient (Wildman–Crippen LogP) is 4.79. The largest absolute Gasteiger partial charge is 0.495 e. The van der Waals surface area contributed by atoms with E-state index >= 15 is 0 Å². The number of hydrogen-bond donors (Lipinski definition) is 1. The molecule has 4 nitrogen and oxygen atoms in total. The van der Waals surface area contributed by atoms with Crippen LogP contribution in [0, 0.1) is 4.77 Å². The summed E-state index contributed by atoms with van der Waals surface area (Å²) < 4.78 is 7.41. The highest BCUT2D eigenvalue weighted by Crippen LogP contribution is 2.42. The summed E-state index contributed by atoms with van der Waals surface area (Å²) in [6.45, 7) is 4.29. The third-order valence-corrected chi connectivity index (χ3v) is 5.96. The van der Waals surface area contributed by atoms with Crippen molar-refractivity contribution in [3.05, 3.63) is 74.8 Å². The zero-order chi connectivity index (χ0) is 19.2. The van der Waals surface area contributed by atoms with Crippen molar-refractivity contribution in [2.75, 3.05) is 7.11 Å². The Morgan fingerprint density at radius 1 is 1.19 bits per heavy atom. The summed E-state index contributed by atoms with van der Waals surface area (Å²) in [7, 11) is 1.60. The van der Waals surface area contributed by atoms with Crippen molar-refractivity contribution in [1.82, 2.24) is 9.55 Å². The molecule has 1 N–H and O–H groups in total. The van der Waals surface area contributed by atoms with Crippen LogP contribution in [-0.4, -0.2) is 16.7 Å². The third kappa shape index (κ3) is 2.65. The van der Waals surface area contributed by atoms with Gasteiger partial charge < -0.3 is 9.72 Å². The second-order valence-electron chi connectivity index (χ2n) is 7.24. The molecule has 4 rings (SSSR count). The van der Waals surface area contributed by atoms with Gasteiger partial charge in [-0.2, -0.15) is 0 Å². The molecule has 1 aliphatic rings. The number of fused-ring (bicyclic) bond motifs is 3. The molecule has 1 heterocycles. The molecular weight excluding hydrogens is 356 g/mol. The molecule has 2 aromatic carbocycles. The Balaban J connectivity index is 2.11. The second-order valence-corrected chi connectivity index (χ2v) is 7.63. The van der Waals surface area contributed by atoms with Crippen molar-refractivity contribution >= 4 is 12.2 Å². The number of H-pyrrole nitrogens is 1. The lowest BCUT2D eigenvalue weighted by atomic mass is 9.69. The van der Waals surface area contributed by atoms with E-state index < -0.39 is 0 Å². The highest BCUT2D eigenvalue weighted by atomic mass is 32.1. The van der Waals surface area contributed by atoms with Gasteiger partial charge in [-0.05, 0) is 42.8 Å². The fraction of sp³-hybridized carbons (Fsp3) is 0.273. The minimum absolute atomic E-state index is 0.0721. The molecule has 0 fully saturated rings. The Hall–Kier alpha value is -2.66. The Kier molecular flexibility index (Phi) is 4.27. The van der Waals surface area contributed by atoms with Gasteiger partial charge in [0.2, 0.25) is 0 Å². The Morgan fingerprint density at radius 2 is 1.89 bits per heavy atom. The standard InChI is InChI=1S/C22H22N2O2S/c1-4-22(2)13-14-9-5-6-10-15(14)19-18(22)20(25)24(21(27)23-19)16-11-7-8-12-17(16)26-3/h5-12H,4,13H2,1-3H3,(H,23,27). The summed E-state index contributed by atoms with van der Waals surface area (Å²) >= 11 is 5.61. The normalized spacial score (nSPS) is 17.9. The lowest BCUT2D eigenvalue weighted by Crippen LogP contribution is -2.39. The van der Waals surface area contributed by atoms with Crippen molar-refractivity contribution in [1.29, 1.82) is 0 Å². The molecule has 138 valence electrons. The number of rotatable bonds is 3. The Labute approximate surface area is 163 Å². The maximum atomic E-state index is 13.7. The van der Waals surface area contributed by atoms with Gasteiger partial charge in [-0.25, -0.2) is 4.57 Å². The zero-order valence-electron chi connectivity index (χ0n) is 15.7. The SMILES string of the molecule is CCC1(C)Cc2ccccc2-c2[nH]c(=S)n(-c3ccccc3OC)c(=O)c21. The topological polar surface area (TPSA) is 47.0 Å². The number of benzene rings is 2. The maximum absolute atomic E-state index is 13.7. The summed E-state index contributed by atoms with van der Waals surface area (Å²) in [6.07, 6.45) is 1.69. The average molecular weight is 378 g/mol. The molecule has 5 heteroatoms. The molecule has 1 unspecified atom stereocenters. The van der Waals surface area contributed by atoms with Crippen molar-refractivity contribution < 1.29 is 4.74 Å². The fourth-order valence-electron chi connectivity index (χ4n) is 4.06. The van der Waals surface area contributed by atoms with E-state index in [2.05, 4.69) is 31.0 Å². The lowest BCUT2D eigenvalue weighted by molar-refractivity contribution is 0.411. The molecule has 1 aromatic heterocycles. The summed E-state index contributed by atoms with van der Waals surface area (Å²) in [5.41, 5.74) is 4.28.